The zero-order valence-electron chi connectivity index (χ0n) is 14.5. The molecule has 3 aromatic carbocycles. The molecule has 3 nitrogen and oxygen atoms in total. The Morgan fingerprint density at radius 1 is 0.920 bits per heavy atom. The Morgan fingerprint density at radius 2 is 1.56 bits per heavy atom. The topological polar surface area (TPSA) is 38.3 Å². The van der Waals surface area contributed by atoms with Crippen molar-refractivity contribution in [3.63, 3.8) is 0 Å². The molecule has 0 aliphatic rings. The van der Waals surface area contributed by atoms with Gasteiger partial charge in [0.15, 0.2) is 5.78 Å². The molecule has 0 spiro atoms. The van der Waals surface area contributed by atoms with Crippen molar-refractivity contribution in [1.82, 2.24) is 0 Å². The van der Waals surface area contributed by atoms with Gasteiger partial charge in [0.1, 0.15) is 5.75 Å². The fraction of sp³-hybridized carbons (Fsp3) is 0.136. The highest BCUT2D eigenvalue weighted by Crippen LogP contribution is 2.17. The second-order valence-corrected chi connectivity index (χ2v) is 5.98. The second kappa shape index (κ2) is 7.67. The van der Waals surface area contributed by atoms with Crippen LogP contribution in [0, 0.1) is 6.92 Å². The van der Waals surface area contributed by atoms with Gasteiger partial charge in [0, 0.05) is 23.4 Å². The summed E-state index contributed by atoms with van der Waals surface area (Å²) in [5.74, 6) is 0.887. The highest BCUT2D eigenvalue weighted by Gasteiger charge is 2.08. The Balaban J connectivity index is 1.65. The number of rotatable bonds is 6. The fourth-order valence-electron chi connectivity index (χ4n) is 2.60. The Labute approximate surface area is 148 Å². The quantitative estimate of drug-likeness (QED) is 0.656. The average Bonchev–Trinajstić information content (AvgIpc) is 2.67. The minimum atomic E-state index is 0.0411. The Kier molecular flexibility index (Phi) is 5.14. The van der Waals surface area contributed by atoms with Gasteiger partial charge in [0.25, 0.3) is 0 Å². The van der Waals surface area contributed by atoms with Crippen LogP contribution in [0.3, 0.4) is 0 Å². The van der Waals surface area contributed by atoms with Gasteiger partial charge in [-0.15, -0.1) is 0 Å². The summed E-state index contributed by atoms with van der Waals surface area (Å²) >= 11 is 0. The van der Waals surface area contributed by atoms with Gasteiger partial charge in [-0.05, 0) is 48.9 Å². The number of carbonyl (C=O) groups is 1. The van der Waals surface area contributed by atoms with Crippen LogP contribution in [0.1, 0.15) is 27.0 Å². The first-order valence-electron chi connectivity index (χ1n) is 8.24. The number of hydrogen-bond donors (Lipinski definition) is 1. The summed E-state index contributed by atoms with van der Waals surface area (Å²) in [7, 11) is 1.66. The molecule has 3 rings (SSSR count). The molecule has 126 valence electrons. The normalized spacial score (nSPS) is 10.3. The van der Waals surface area contributed by atoms with E-state index in [0.717, 1.165) is 22.6 Å². The molecular weight excluding hydrogens is 310 g/mol. The summed E-state index contributed by atoms with van der Waals surface area (Å²) in [5, 5.41) is 3.36. The standard InChI is InChI=1S/C22H21NO2/c1-16-6-8-18(9-7-16)22(24)19-10-12-20(13-11-19)23-15-17-4-3-5-21(14-17)25-2/h3-14,23H,15H2,1-2H3. The predicted octanol–water partition coefficient (Wildman–Crippen LogP) is 4.85. The number of anilines is 1. The van der Waals surface area contributed by atoms with Gasteiger partial charge < -0.3 is 10.1 Å². The van der Waals surface area contributed by atoms with Crippen molar-refractivity contribution < 1.29 is 9.53 Å². The van der Waals surface area contributed by atoms with Gasteiger partial charge in [0.2, 0.25) is 0 Å². The molecule has 0 saturated carbocycles. The highest BCUT2D eigenvalue weighted by atomic mass is 16.5. The summed E-state index contributed by atoms with van der Waals surface area (Å²) in [6, 6.07) is 23.2. The second-order valence-electron chi connectivity index (χ2n) is 5.98. The van der Waals surface area contributed by atoms with Crippen molar-refractivity contribution in [1.29, 1.82) is 0 Å². The van der Waals surface area contributed by atoms with Crippen LogP contribution in [0.4, 0.5) is 5.69 Å². The van der Waals surface area contributed by atoms with Gasteiger partial charge in [-0.3, -0.25) is 4.79 Å². The largest absolute Gasteiger partial charge is 0.497 e. The van der Waals surface area contributed by atoms with E-state index in [0.29, 0.717) is 17.7 Å². The van der Waals surface area contributed by atoms with Crippen LogP contribution in [0.25, 0.3) is 0 Å². The summed E-state index contributed by atoms with van der Waals surface area (Å²) in [4.78, 5) is 12.5. The van der Waals surface area contributed by atoms with E-state index >= 15 is 0 Å². The minimum absolute atomic E-state index is 0.0411. The van der Waals surface area contributed by atoms with Gasteiger partial charge >= 0.3 is 0 Å². The highest BCUT2D eigenvalue weighted by molar-refractivity contribution is 6.09. The van der Waals surface area contributed by atoms with Crippen LogP contribution in [0.2, 0.25) is 0 Å². The molecule has 3 aromatic rings. The maximum absolute atomic E-state index is 12.5. The molecule has 25 heavy (non-hydrogen) atoms. The van der Waals surface area contributed by atoms with Crippen LogP contribution in [-0.2, 0) is 6.54 Å². The lowest BCUT2D eigenvalue weighted by Crippen LogP contribution is -2.03. The fourth-order valence-corrected chi connectivity index (χ4v) is 2.60. The lowest BCUT2D eigenvalue weighted by atomic mass is 10.0. The Morgan fingerprint density at radius 3 is 2.20 bits per heavy atom. The van der Waals surface area contributed by atoms with Gasteiger partial charge in [-0.1, -0.05) is 42.0 Å². The van der Waals surface area contributed by atoms with E-state index in [-0.39, 0.29) is 5.78 Å². The molecule has 0 unspecified atom stereocenters. The van der Waals surface area contributed by atoms with Crippen molar-refractivity contribution in [2.75, 3.05) is 12.4 Å². The molecule has 0 radical (unpaired) electrons. The van der Waals surface area contributed by atoms with Crippen molar-refractivity contribution in [2.45, 2.75) is 13.5 Å². The van der Waals surface area contributed by atoms with Crippen LogP contribution in [-0.4, -0.2) is 12.9 Å². The summed E-state index contributed by atoms with van der Waals surface area (Å²) in [6.07, 6.45) is 0. The Bertz CT molecular complexity index is 852. The van der Waals surface area contributed by atoms with E-state index in [1.807, 2.05) is 79.7 Å². The van der Waals surface area contributed by atoms with Gasteiger partial charge in [-0.25, -0.2) is 0 Å². The average molecular weight is 331 g/mol. The number of hydrogen-bond acceptors (Lipinski definition) is 3. The lowest BCUT2D eigenvalue weighted by molar-refractivity contribution is 0.103. The molecule has 0 amide bonds. The molecule has 0 aliphatic carbocycles. The van der Waals surface area contributed by atoms with Crippen LogP contribution in [0.5, 0.6) is 5.75 Å². The van der Waals surface area contributed by atoms with Crippen LogP contribution >= 0.6 is 0 Å². The van der Waals surface area contributed by atoms with Crippen LogP contribution in [0.15, 0.2) is 72.8 Å². The number of aryl methyl sites for hydroxylation is 1. The number of ether oxygens (including phenoxy) is 1. The first-order valence-corrected chi connectivity index (χ1v) is 8.24. The van der Waals surface area contributed by atoms with Crippen molar-refractivity contribution in [3.05, 3.63) is 95.1 Å². The van der Waals surface area contributed by atoms with E-state index in [4.69, 9.17) is 4.74 Å². The molecule has 0 aromatic heterocycles. The number of ketones is 1. The zero-order valence-corrected chi connectivity index (χ0v) is 14.5. The molecule has 3 heteroatoms. The number of carbonyl (C=O) groups excluding carboxylic acids is 1. The third kappa shape index (κ3) is 4.27. The SMILES string of the molecule is COc1cccc(CNc2ccc(C(=O)c3ccc(C)cc3)cc2)c1. The first-order chi connectivity index (χ1) is 12.2. The summed E-state index contributed by atoms with van der Waals surface area (Å²) in [6.45, 7) is 2.71. The predicted molar refractivity (Wildman–Crippen MR) is 101 cm³/mol. The van der Waals surface area contributed by atoms with Crippen molar-refractivity contribution in [2.24, 2.45) is 0 Å². The summed E-state index contributed by atoms with van der Waals surface area (Å²) < 4.78 is 5.23. The van der Waals surface area contributed by atoms with Crippen molar-refractivity contribution >= 4 is 11.5 Å². The first kappa shape index (κ1) is 16.8. The Hall–Kier alpha value is -3.07. The zero-order chi connectivity index (χ0) is 17.6. The maximum Gasteiger partial charge on any atom is 0.193 e. The third-order valence-corrected chi connectivity index (χ3v) is 4.09. The molecule has 0 saturated heterocycles. The smallest absolute Gasteiger partial charge is 0.193 e. The molecule has 0 atom stereocenters. The van der Waals surface area contributed by atoms with Gasteiger partial charge in [0.05, 0.1) is 7.11 Å². The minimum Gasteiger partial charge on any atom is -0.497 e. The van der Waals surface area contributed by atoms with E-state index < -0.39 is 0 Å². The van der Waals surface area contributed by atoms with E-state index in [1.165, 1.54) is 0 Å². The number of benzene rings is 3. The maximum atomic E-state index is 12.5. The monoisotopic (exact) mass is 331 g/mol. The molecule has 1 N–H and O–H groups in total. The molecule has 0 heterocycles. The summed E-state index contributed by atoms with van der Waals surface area (Å²) in [5.41, 5.74) is 4.66. The van der Waals surface area contributed by atoms with E-state index in [2.05, 4.69) is 5.32 Å². The molecular formula is C22H21NO2. The van der Waals surface area contributed by atoms with Gasteiger partial charge in [-0.2, -0.15) is 0 Å². The number of nitrogens with one attached hydrogen (secondary N) is 1. The number of methoxy groups -OCH3 is 1. The van der Waals surface area contributed by atoms with E-state index in [9.17, 15) is 4.79 Å². The van der Waals surface area contributed by atoms with Crippen LogP contribution < -0.4 is 10.1 Å². The molecule has 0 aliphatic heterocycles. The molecule has 0 bridgehead atoms. The molecule has 0 fully saturated rings. The van der Waals surface area contributed by atoms with Crippen molar-refractivity contribution in [3.8, 4) is 5.75 Å². The lowest BCUT2D eigenvalue weighted by Gasteiger charge is -2.09. The third-order valence-electron chi connectivity index (χ3n) is 4.09. The van der Waals surface area contributed by atoms with E-state index in [1.54, 1.807) is 7.11 Å².